The van der Waals surface area contributed by atoms with Gasteiger partial charge in [0.05, 0.1) is 11.5 Å². The van der Waals surface area contributed by atoms with Crippen LogP contribution in [0.3, 0.4) is 0 Å². The molecule has 1 fully saturated rings. The van der Waals surface area contributed by atoms with Crippen molar-refractivity contribution in [2.75, 3.05) is 10.6 Å². The lowest BCUT2D eigenvalue weighted by molar-refractivity contribution is -0.140. The summed E-state index contributed by atoms with van der Waals surface area (Å²) in [5.41, 5.74) is 3.79. The van der Waals surface area contributed by atoms with Crippen LogP contribution in [0.5, 0.6) is 0 Å². The summed E-state index contributed by atoms with van der Waals surface area (Å²) in [6, 6.07) is 6.86. The van der Waals surface area contributed by atoms with E-state index >= 15 is 0 Å². The smallest absolute Gasteiger partial charge is 0.258 e. The zero-order valence-corrected chi connectivity index (χ0v) is 18.4. The van der Waals surface area contributed by atoms with E-state index in [0.717, 1.165) is 42.5 Å². The molecule has 0 bridgehead atoms. The molecule has 2 aliphatic rings. The van der Waals surface area contributed by atoms with Crippen LogP contribution >= 0.6 is 22.9 Å². The number of nitrogens with one attached hydrogen (secondary N) is 3. The van der Waals surface area contributed by atoms with Crippen molar-refractivity contribution < 1.29 is 19.6 Å². The fourth-order valence-corrected chi connectivity index (χ4v) is 5.92. The number of hydrogen-bond donors (Lipinski definition) is 4. The Hall–Kier alpha value is -2.42. The van der Waals surface area contributed by atoms with E-state index in [1.165, 1.54) is 11.3 Å². The Morgan fingerprint density at radius 1 is 0.935 bits per heavy atom. The highest BCUT2D eigenvalue weighted by Gasteiger charge is 2.37. The van der Waals surface area contributed by atoms with Gasteiger partial charge in [-0.1, -0.05) is 24.4 Å². The maximum Gasteiger partial charge on any atom is 0.258 e. The Kier molecular flexibility index (Phi) is 6.60. The summed E-state index contributed by atoms with van der Waals surface area (Å²) in [6.45, 7) is 0. The molecule has 9 heteroatoms. The Labute approximate surface area is 189 Å². The average Bonchev–Trinajstić information content (AvgIpc) is 3.35. The van der Waals surface area contributed by atoms with Gasteiger partial charge in [0.15, 0.2) is 0 Å². The van der Waals surface area contributed by atoms with Crippen LogP contribution < -0.4 is 16.1 Å². The van der Waals surface area contributed by atoms with Gasteiger partial charge >= 0.3 is 0 Å². The van der Waals surface area contributed by atoms with E-state index in [9.17, 15) is 14.4 Å². The first-order valence-corrected chi connectivity index (χ1v) is 11.6. The van der Waals surface area contributed by atoms with E-state index in [-0.39, 0.29) is 11.8 Å². The lowest BCUT2D eigenvalue weighted by Gasteiger charge is -2.28. The van der Waals surface area contributed by atoms with Gasteiger partial charge in [-0.2, -0.15) is 0 Å². The number of thiophene rings is 1. The Morgan fingerprint density at radius 3 is 2.29 bits per heavy atom. The van der Waals surface area contributed by atoms with Crippen molar-refractivity contribution in [3.05, 3.63) is 45.3 Å². The maximum atomic E-state index is 13.1. The van der Waals surface area contributed by atoms with Crippen molar-refractivity contribution in [1.29, 1.82) is 0 Å². The van der Waals surface area contributed by atoms with E-state index in [1.807, 2.05) is 0 Å². The number of hydroxylamine groups is 1. The van der Waals surface area contributed by atoms with Crippen LogP contribution in [0.15, 0.2) is 24.3 Å². The summed E-state index contributed by atoms with van der Waals surface area (Å²) < 4.78 is 0. The zero-order valence-electron chi connectivity index (χ0n) is 16.9. The van der Waals surface area contributed by atoms with Gasteiger partial charge in [-0.25, -0.2) is 5.48 Å². The van der Waals surface area contributed by atoms with E-state index in [0.29, 0.717) is 34.1 Å². The van der Waals surface area contributed by atoms with Gasteiger partial charge in [-0.15, -0.1) is 11.3 Å². The highest BCUT2D eigenvalue weighted by Crippen LogP contribution is 2.40. The minimum absolute atomic E-state index is 0.273. The van der Waals surface area contributed by atoms with E-state index < -0.39 is 17.7 Å². The highest BCUT2D eigenvalue weighted by molar-refractivity contribution is 7.17. The summed E-state index contributed by atoms with van der Waals surface area (Å²) in [6.07, 6.45) is 5.47. The van der Waals surface area contributed by atoms with Gasteiger partial charge in [0.1, 0.15) is 5.00 Å². The molecule has 0 saturated heterocycles. The topological polar surface area (TPSA) is 108 Å². The zero-order chi connectivity index (χ0) is 22.0. The van der Waals surface area contributed by atoms with Crippen LogP contribution in [-0.4, -0.2) is 22.9 Å². The highest BCUT2D eigenvalue weighted by atomic mass is 35.5. The number of anilines is 2. The molecular formula is C22H24ClN3O4S. The summed E-state index contributed by atoms with van der Waals surface area (Å²) in [7, 11) is 0. The van der Waals surface area contributed by atoms with Crippen molar-refractivity contribution >= 4 is 51.3 Å². The molecule has 4 N–H and O–H groups in total. The second-order valence-electron chi connectivity index (χ2n) is 7.99. The van der Waals surface area contributed by atoms with Crippen LogP contribution in [0.1, 0.15) is 52.9 Å². The monoisotopic (exact) mass is 461 g/mol. The lowest BCUT2D eigenvalue weighted by atomic mass is 9.78. The molecule has 1 aromatic heterocycles. The summed E-state index contributed by atoms with van der Waals surface area (Å²) in [5.74, 6) is -2.20. The summed E-state index contributed by atoms with van der Waals surface area (Å²) in [5, 5.41) is 16.0. The SMILES string of the molecule is O=C(Nc1ccc(Cl)cc1)c1c(NC(=O)C2CCCC[C@H]2C(=O)NO)sc2c1CCC2. The van der Waals surface area contributed by atoms with Crippen LogP contribution in [0.25, 0.3) is 0 Å². The molecule has 0 aliphatic heterocycles. The van der Waals surface area contributed by atoms with Gasteiger partial charge in [0.2, 0.25) is 11.8 Å². The number of amides is 3. The molecule has 2 atom stereocenters. The third-order valence-electron chi connectivity index (χ3n) is 6.04. The number of fused-ring (bicyclic) bond motifs is 1. The van der Waals surface area contributed by atoms with Gasteiger partial charge in [0, 0.05) is 21.5 Å². The predicted octanol–water partition coefficient (Wildman–Crippen LogP) is 4.39. The van der Waals surface area contributed by atoms with E-state index in [2.05, 4.69) is 10.6 Å². The number of halogens is 1. The molecule has 0 radical (unpaired) electrons. The summed E-state index contributed by atoms with van der Waals surface area (Å²) >= 11 is 7.36. The quantitative estimate of drug-likeness (QED) is 0.391. The predicted molar refractivity (Wildman–Crippen MR) is 120 cm³/mol. The van der Waals surface area contributed by atoms with Crippen molar-refractivity contribution in [3.63, 3.8) is 0 Å². The molecule has 164 valence electrons. The first-order chi connectivity index (χ1) is 15.0. The number of rotatable bonds is 5. The number of carbonyl (C=O) groups is 3. The third kappa shape index (κ3) is 4.61. The number of carbonyl (C=O) groups excluding carboxylic acids is 3. The molecule has 0 spiro atoms. The number of hydrogen-bond acceptors (Lipinski definition) is 5. The summed E-state index contributed by atoms with van der Waals surface area (Å²) in [4.78, 5) is 39.4. The fraction of sp³-hybridized carbons (Fsp3) is 0.409. The molecular weight excluding hydrogens is 438 g/mol. The van der Waals surface area contributed by atoms with Crippen LogP contribution in [0.2, 0.25) is 5.02 Å². The van der Waals surface area contributed by atoms with Gasteiger partial charge in [-0.05, 0) is 61.9 Å². The molecule has 7 nitrogen and oxygen atoms in total. The molecule has 2 aliphatic carbocycles. The van der Waals surface area contributed by atoms with Crippen LogP contribution in [-0.2, 0) is 22.4 Å². The Bertz CT molecular complexity index is 1000. The van der Waals surface area contributed by atoms with Crippen molar-refractivity contribution in [2.45, 2.75) is 44.9 Å². The lowest BCUT2D eigenvalue weighted by Crippen LogP contribution is -2.40. The second kappa shape index (κ2) is 9.38. The molecule has 4 rings (SSSR count). The van der Waals surface area contributed by atoms with E-state index in [1.54, 1.807) is 29.7 Å². The standard InChI is InChI=1S/C22H24ClN3O4S/c23-12-8-10-13(11-9-12)24-21(29)18-16-6-3-7-17(16)31-22(18)25-19(27)14-4-1-2-5-15(14)20(28)26-30/h8-11,14-15,30H,1-7H2,(H,24,29)(H,25,27)(H,26,28)/t14?,15-/m1/s1. The van der Waals surface area contributed by atoms with Gasteiger partial charge in [-0.3, -0.25) is 19.6 Å². The largest absolute Gasteiger partial charge is 0.322 e. The Morgan fingerprint density at radius 2 is 1.61 bits per heavy atom. The average molecular weight is 462 g/mol. The fourth-order valence-electron chi connectivity index (χ4n) is 4.51. The molecule has 1 aromatic carbocycles. The van der Waals surface area contributed by atoms with Gasteiger partial charge in [0.25, 0.3) is 5.91 Å². The minimum Gasteiger partial charge on any atom is -0.322 e. The minimum atomic E-state index is -0.572. The third-order valence-corrected chi connectivity index (χ3v) is 7.50. The number of aryl methyl sites for hydroxylation is 1. The molecule has 1 unspecified atom stereocenters. The van der Waals surface area contributed by atoms with Crippen LogP contribution in [0.4, 0.5) is 10.7 Å². The van der Waals surface area contributed by atoms with Crippen molar-refractivity contribution in [1.82, 2.24) is 5.48 Å². The van der Waals surface area contributed by atoms with Crippen molar-refractivity contribution in [2.24, 2.45) is 11.8 Å². The van der Waals surface area contributed by atoms with Gasteiger partial charge < -0.3 is 10.6 Å². The normalized spacial score (nSPS) is 20.1. The Balaban J connectivity index is 1.57. The molecule has 2 aromatic rings. The molecule has 3 amide bonds. The number of benzene rings is 1. The van der Waals surface area contributed by atoms with Crippen molar-refractivity contribution in [3.8, 4) is 0 Å². The van der Waals surface area contributed by atoms with E-state index in [4.69, 9.17) is 16.8 Å². The first-order valence-electron chi connectivity index (χ1n) is 10.4. The molecule has 31 heavy (non-hydrogen) atoms. The molecule has 1 heterocycles. The maximum absolute atomic E-state index is 13.1. The van der Waals surface area contributed by atoms with Crippen LogP contribution in [0, 0.1) is 11.8 Å². The molecule has 1 saturated carbocycles. The second-order valence-corrected chi connectivity index (χ2v) is 9.53. The first kappa shape index (κ1) is 21.8.